The quantitative estimate of drug-likeness (QED) is 0.541. The van der Waals surface area contributed by atoms with Crippen LogP contribution in [0.25, 0.3) is 11.2 Å². The molecule has 1 aliphatic heterocycles. The second kappa shape index (κ2) is 6.48. The molecule has 10 nitrogen and oxygen atoms in total. The Labute approximate surface area is 137 Å². The minimum atomic E-state index is -1.24. The Morgan fingerprint density at radius 2 is 2.08 bits per heavy atom. The van der Waals surface area contributed by atoms with Crippen molar-refractivity contribution in [3.8, 4) is 6.01 Å². The van der Waals surface area contributed by atoms with E-state index in [0.29, 0.717) is 17.8 Å². The van der Waals surface area contributed by atoms with Crippen molar-refractivity contribution in [3.05, 3.63) is 6.33 Å². The molecule has 0 spiro atoms. The molecule has 0 radical (unpaired) electrons. The van der Waals surface area contributed by atoms with Gasteiger partial charge < -0.3 is 30.5 Å². The van der Waals surface area contributed by atoms with E-state index in [1.165, 1.54) is 10.9 Å². The molecule has 2 aromatic heterocycles. The van der Waals surface area contributed by atoms with E-state index < -0.39 is 31.1 Å². The van der Waals surface area contributed by atoms with Crippen LogP contribution in [0, 0.1) is 5.92 Å². The van der Waals surface area contributed by atoms with E-state index in [-0.39, 0.29) is 17.7 Å². The molecular formula is C14H21N5O5. The molecule has 24 heavy (non-hydrogen) atoms. The summed E-state index contributed by atoms with van der Waals surface area (Å²) in [5, 5.41) is 29.3. The van der Waals surface area contributed by atoms with E-state index in [0.717, 1.165) is 0 Å². The highest BCUT2D eigenvalue weighted by Gasteiger charge is 2.44. The zero-order valence-corrected chi connectivity index (χ0v) is 13.4. The smallest absolute Gasteiger partial charge is 0.320 e. The van der Waals surface area contributed by atoms with Gasteiger partial charge in [-0.15, -0.1) is 0 Å². The average molecular weight is 339 g/mol. The van der Waals surface area contributed by atoms with Gasteiger partial charge in [0.05, 0.1) is 19.5 Å². The van der Waals surface area contributed by atoms with Crippen molar-refractivity contribution in [2.24, 2.45) is 5.92 Å². The fourth-order valence-electron chi connectivity index (χ4n) is 2.52. The number of nitrogens with zero attached hydrogens (tertiary/aromatic N) is 4. The van der Waals surface area contributed by atoms with Gasteiger partial charge in [0, 0.05) is 0 Å². The second-order valence-corrected chi connectivity index (χ2v) is 6.15. The van der Waals surface area contributed by atoms with Crippen molar-refractivity contribution in [3.63, 3.8) is 0 Å². The molecule has 132 valence electrons. The lowest BCUT2D eigenvalue weighted by Crippen LogP contribution is -2.33. The number of anilines is 1. The number of nitrogens with two attached hydrogens (primary N) is 1. The molecule has 1 fully saturated rings. The van der Waals surface area contributed by atoms with Gasteiger partial charge in [-0.1, -0.05) is 13.8 Å². The summed E-state index contributed by atoms with van der Waals surface area (Å²) >= 11 is 0. The number of nitrogen functional groups attached to an aromatic ring is 1. The van der Waals surface area contributed by atoms with Crippen molar-refractivity contribution in [1.29, 1.82) is 0 Å². The molecule has 4 atom stereocenters. The van der Waals surface area contributed by atoms with Crippen LogP contribution in [0.1, 0.15) is 20.1 Å². The van der Waals surface area contributed by atoms with E-state index in [1.54, 1.807) is 0 Å². The second-order valence-electron chi connectivity index (χ2n) is 6.15. The van der Waals surface area contributed by atoms with Gasteiger partial charge in [0.15, 0.2) is 23.2 Å². The lowest BCUT2D eigenvalue weighted by molar-refractivity contribution is -0.0511. The van der Waals surface area contributed by atoms with Crippen molar-refractivity contribution in [2.45, 2.75) is 38.4 Å². The number of ether oxygens (including phenoxy) is 2. The van der Waals surface area contributed by atoms with E-state index in [9.17, 15) is 15.3 Å². The molecule has 0 saturated carbocycles. The normalized spacial score (nSPS) is 27.2. The van der Waals surface area contributed by atoms with Gasteiger partial charge in [0.2, 0.25) is 0 Å². The summed E-state index contributed by atoms with van der Waals surface area (Å²) in [5.41, 5.74) is 6.54. The number of imidazole rings is 1. The highest BCUT2D eigenvalue weighted by atomic mass is 16.6. The molecule has 10 heteroatoms. The van der Waals surface area contributed by atoms with Gasteiger partial charge in [-0.25, -0.2) is 4.98 Å². The molecule has 0 aromatic carbocycles. The van der Waals surface area contributed by atoms with E-state index in [4.69, 9.17) is 15.2 Å². The highest BCUT2D eigenvalue weighted by Crippen LogP contribution is 2.32. The Hall–Kier alpha value is -2.01. The van der Waals surface area contributed by atoms with Crippen molar-refractivity contribution < 1.29 is 24.8 Å². The number of fused-ring (bicyclic) bond motifs is 1. The highest BCUT2D eigenvalue weighted by molar-refractivity contribution is 5.82. The molecule has 1 aliphatic rings. The SMILES string of the molecule is CC(C)COc1nc(N)c2ncn(C3O[C@@H](CO)[C@H](O)[C@@H]3O)c2n1. The molecular weight excluding hydrogens is 318 g/mol. The molecule has 1 saturated heterocycles. The molecule has 0 bridgehead atoms. The van der Waals surface area contributed by atoms with Crippen LogP contribution in [0.2, 0.25) is 0 Å². The average Bonchev–Trinajstić information content (AvgIpc) is 3.08. The molecule has 5 N–H and O–H groups in total. The minimum Gasteiger partial charge on any atom is -0.463 e. The minimum absolute atomic E-state index is 0.0993. The maximum absolute atomic E-state index is 10.2. The summed E-state index contributed by atoms with van der Waals surface area (Å²) in [6, 6.07) is 0.0993. The summed E-state index contributed by atoms with van der Waals surface area (Å²) in [7, 11) is 0. The molecule has 0 amide bonds. The number of aromatic nitrogens is 4. The van der Waals surface area contributed by atoms with Gasteiger partial charge in [-0.05, 0) is 5.92 Å². The first-order valence-electron chi connectivity index (χ1n) is 7.67. The van der Waals surface area contributed by atoms with E-state index >= 15 is 0 Å². The number of hydrogen-bond donors (Lipinski definition) is 4. The Bertz CT molecular complexity index is 721. The molecule has 1 unspecified atom stereocenters. The summed E-state index contributed by atoms with van der Waals surface area (Å²) in [6.45, 7) is 3.99. The van der Waals surface area contributed by atoms with Gasteiger partial charge in [-0.3, -0.25) is 4.57 Å². The predicted octanol–water partition coefficient (Wildman–Crippen LogP) is -0.945. The standard InChI is InChI=1S/C14H21N5O5/c1-6(2)4-23-14-17-11(15)8-12(18-14)19(5-16-8)13-10(22)9(21)7(3-20)24-13/h5-7,9-10,13,20-22H,3-4H2,1-2H3,(H2,15,17,18)/t7-,9-,10-,13?/m0/s1. The third-order valence-corrected chi connectivity index (χ3v) is 3.76. The zero-order chi connectivity index (χ0) is 17.4. The molecule has 3 rings (SSSR count). The van der Waals surface area contributed by atoms with E-state index in [2.05, 4.69) is 15.0 Å². The zero-order valence-electron chi connectivity index (χ0n) is 13.4. The number of rotatable bonds is 5. The van der Waals surface area contributed by atoms with Crippen molar-refractivity contribution in [1.82, 2.24) is 19.5 Å². The van der Waals surface area contributed by atoms with Crippen molar-refractivity contribution >= 4 is 17.0 Å². The number of aliphatic hydroxyl groups excluding tert-OH is 3. The largest absolute Gasteiger partial charge is 0.463 e. The first-order valence-corrected chi connectivity index (χ1v) is 7.67. The van der Waals surface area contributed by atoms with Crippen LogP contribution in [0.15, 0.2) is 6.33 Å². The van der Waals surface area contributed by atoms with E-state index in [1.807, 2.05) is 13.8 Å². The Morgan fingerprint density at radius 3 is 2.71 bits per heavy atom. The van der Waals surface area contributed by atoms with Crippen molar-refractivity contribution in [2.75, 3.05) is 18.9 Å². The van der Waals surface area contributed by atoms with Crippen LogP contribution >= 0.6 is 0 Å². The first kappa shape index (κ1) is 16.8. The summed E-state index contributed by atoms with van der Waals surface area (Å²) in [6.07, 6.45) is -2.90. The van der Waals surface area contributed by atoms with Gasteiger partial charge in [0.1, 0.15) is 18.3 Å². The predicted molar refractivity (Wildman–Crippen MR) is 83.1 cm³/mol. The van der Waals surface area contributed by atoms with Gasteiger partial charge in [-0.2, -0.15) is 9.97 Å². The summed E-state index contributed by atoms with van der Waals surface area (Å²) < 4.78 is 12.4. The fraction of sp³-hybridized carbons (Fsp3) is 0.643. The lowest BCUT2D eigenvalue weighted by atomic mass is 10.1. The Kier molecular flexibility index (Phi) is 4.54. The number of hydrogen-bond acceptors (Lipinski definition) is 9. The topological polar surface area (TPSA) is 149 Å². The third kappa shape index (κ3) is 2.88. The molecule has 3 heterocycles. The summed E-state index contributed by atoms with van der Waals surface area (Å²) in [4.78, 5) is 12.5. The third-order valence-electron chi connectivity index (χ3n) is 3.76. The first-order chi connectivity index (χ1) is 11.4. The molecule has 0 aliphatic carbocycles. The van der Waals surface area contributed by atoms with Crippen LogP contribution < -0.4 is 10.5 Å². The lowest BCUT2D eigenvalue weighted by Gasteiger charge is -2.16. The van der Waals surface area contributed by atoms with Gasteiger partial charge >= 0.3 is 6.01 Å². The van der Waals surface area contributed by atoms with Crippen LogP contribution in [0.4, 0.5) is 5.82 Å². The number of aliphatic hydroxyl groups is 3. The van der Waals surface area contributed by atoms with Crippen LogP contribution in [-0.2, 0) is 4.74 Å². The fourth-order valence-corrected chi connectivity index (χ4v) is 2.52. The monoisotopic (exact) mass is 339 g/mol. The van der Waals surface area contributed by atoms with Gasteiger partial charge in [0.25, 0.3) is 0 Å². The molecule has 2 aromatic rings. The van der Waals surface area contributed by atoms with Crippen LogP contribution in [-0.4, -0.2) is 66.4 Å². The Balaban J connectivity index is 1.97. The maximum atomic E-state index is 10.2. The van der Waals surface area contributed by atoms with Crippen LogP contribution in [0.3, 0.4) is 0 Å². The van der Waals surface area contributed by atoms with Crippen LogP contribution in [0.5, 0.6) is 6.01 Å². The maximum Gasteiger partial charge on any atom is 0.320 e. The summed E-state index contributed by atoms with van der Waals surface area (Å²) in [5.74, 6) is 0.431. The Morgan fingerprint density at radius 1 is 1.33 bits per heavy atom.